The zero-order valence-corrected chi connectivity index (χ0v) is 17.5. The Balaban J connectivity index is 1.80. The van der Waals surface area contributed by atoms with Gasteiger partial charge >= 0.3 is 0 Å². The van der Waals surface area contributed by atoms with Gasteiger partial charge in [-0.1, -0.05) is 54.3 Å². The van der Waals surface area contributed by atoms with Gasteiger partial charge in [0.15, 0.2) is 0 Å². The molecule has 2 aromatic carbocycles. The molecule has 4 nitrogen and oxygen atoms in total. The number of fused-ring (bicyclic) bond motifs is 1. The fraction of sp³-hybridized carbons (Fsp3) is 0.182. The van der Waals surface area contributed by atoms with Crippen LogP contribution in [0.1, 0.15) is 13.8 Å². The molecule has 6 heteroatoms. The largest absolute Gasteiger partial charge is 0.326 e. The lowest BCUT2D eigenvalue weighted by Gasteiger charge is -2.24. The molecule has 0 unspecified atom stereocenters. The van der Waals surface area contributed by atoms with Crippen molar-refractivity contribution < 1.29 is 4.79 Å². The first-order valence-electron chi connectivity index (χ1n) is 9.33. The van der Waals surface area contributed by atoms with Gasteiger partial charge in [0.25, 0.3) is 5.91 Å². The van der Waals surface area contributed by atoms with Crippen molar-refractivity contribution >= 4 is 51.3 Å². The number of rotatable bonds is 4. The minimum atomic E-state index is -0.0147. The Bertz CT molecular complexity index is 984. The van der Waals surface area contributed by atoms with Crippen LogP contribution < -0.4 is 9.80 Å². The molecule has 0 saturated carbocycles. The predicted octanol–water partition coefficient (Wildman–Crippen LogP) is 5.27. The van der Waals surface area contributed by atoms with Crippen molar-refractivity contribution in [2.75, 3.05) is 22.9 Å². The summed E-state index contributed by atoms with van der Waals surface area (Å²) in [6, 6.07) is 18.7. The van der Waals surface area contributed by atoms with E-state index in [-0.39, 0.29) is 5.91 Å². The summed E-state index contributed by atoms with van der Waals surface area (Å²) < 4.78 is 0.624. The SMILES string of the molecule is CCN1C(=O)/C(=C/C=C2\N(CC)c3ccccc3N2c2ccccc2)SC1=S. The highest BCUT2D eigenvalue weighted by molar-refractivity contribution is 8.26. The number of thioether (sulfide) groups is 1. The van der Waals surface area contributed by atoms with Gasteiger partial charge < -0.3 is 4.90 Å². The van der Waals surface area contributed by atoms with Crippen LogP contribution in [0.25, 0.3) is 0 Å². The molecule has 0 N–H and O–H groups in total. The number of carbonyl (C=O) groups is 1. The number of carbonyl (C=O) groups excluding carboxylic acids is 1. The zero-order chi connectivity index (χ0) is 19.7. The molecule has 4 rings (SSSR count). The number of allylic oxidation sites excluding steroid dienone is 2. The van der Waals surface area contributed by atoms with Crippen molar-refractivity contribution in [2.24, 2.45) is 0 Å². The van der Waals surface area contributed by atoms with E-state index < -0.39 is 0 Å². The van der Waals surface area contributed by atoms with E-state index in [1.807, 2.05) is 37.3 Å². The minimum Gasteiger partial charge on any atom is -0.326 e. The Morgan fingerprint density at radius 3 is 2.18 bits per heavy atom. The van der Waals surface area contributed by atoms with E-state index in [1.165, 1.54) is 11.8 Å². The van der Waals surface area contributed by atoms with E-state index >= 15 is 0 Å². The second-order valence-corrected chi connectivity index (χ2v) is 8.05. The van der Waals surface area contributed by atoms with Crippen LogP contribution in [0, 0.1) is 0 Å². The Kier molecular flexibility index (Phi) is 5.24. The van der Waals surface area contributed by atoms with Crippen LogP contribution in [0.3, 0.4) is 0 Å². The van der Waals surface area contributed by atoms with Crippen LogP contribution in [-0.2, 0) is 4.79 Å². The molecule has 0 atom stereocenters. The predicted molar refractivity (Wildman–Crippen MR) is 122 cm³/mol. The molecule has 2 aliphatic rings. The molecule has 2 heterocycles. The van der Waals surface area contributed by atoms with Crippen LogP contribution in [0.15, 0.2) is 77.5 Å². The minimum absolute atomic E-state index is 0.0147. The van der Waals surface area contributed by atoms with Crippen molar-refractivity contribution in [1.82, 2.24) is 4.90 Å². The molecular formula is C22H21N3OS2. The normalized spacial score (nSPS) is 19.3. The number of thiocarbonyl (C=S) groups is 1. The molecule has 1 saturated heterocycles. The average molecular weight is 408 g/mol. The molecule has 2 aromatic rings. The van der Waals surface area contributed by atoms with E-state index in [9.17, 15) is 4.79 Å². The number of nitrogens with zero attached hydrogens (tertiary/aromatic N) is 3. The first-order chi connectivity index (χ1) is 13.7. The molecule has 1 fully saturated rings. The fourth-order valence-corrected chi connectivity index (χ4v) is 4.86. The molecule has 1 amide bonds. The molecule has 2 aliphatic heterocycles. The lowest BCUT2D eigenvalue weighted by atomic mass is 10.2. The molecule has 0 bridgehead atoms. The first-order valence-corrected chi connectivity index (χ1v) is 10.6. The third kappa shape index (κ3) is 3.12. The average Bonchev–Trinajstić information content (AvgIpc) is 3.19. The summed E-state index contributed by atoms with van der Waals surface area (Å²) in [5.41, 5.74) is 3.39. The van der Waals surface area contributed by atoms with Gasteiger partial charge in [-0.2, -0.15) is 0 Å². The number of benzene rings is 2. The number of likely N-dealkylation sites (N-methyl/N-ethyl adjacent to an activating group) is 1. The summed E-state index contributed by atoms with van der Waals surface area (Å²) in [5.74, 6) is 1.01. The highest BCUT2D eigenvalue weighted by Gasteiger charge is 2.33. The zero-order valence-electron chi connectivity index (χ0n) is 15.8. The quantitative estimate of drug-likeness (QED) is 0.508. The van der Waals surface area contributed by atoms with Gasteiger partial charge in [-0.25, -0.2) is 0 Å². The Morgan fingerprint density at radius 2 is 1.54 bits per heavy atom. The maximum absolute atomic E-state index is 12.6. The van der Waals surface area contributed by atoms with E-state index in [1.54, 1.807) is 4.90 Å². The molecule has 0 aliphatic carbocycles. The summed E-state index contributed by atoms with van der Waals surface area (Å²) in [7, 11) is 0. The highest BCUT2D eigenvalue weighted by atomic mass is 32.2. The van der Waals surface area contributed by atoms with Crippen molar-refractivity contribution in [3.05, 3.63) is 77.5 Å². The van der Waals surface area contributed by atoms with Gasteiger partial charge in [0.2, 0.25) is 0 Å². The maximum atomic E-state index is 12.6. The standard InChI is InChI=1S/C22H21N3OS2/c1-3-23-17-12-8-9-13-18(17)25(16-10-6-5-7-11-16)20(23)15-14-19-21(26)24(4-2)22(27)28-19/h5-15H,3-4H2,1-2H3/b19-14-,20-15+. The molecule has 0 radical (unpaired) electrons. The van der Waals surface area contributed by atoms with Gasteiger partial charge in [-0.15, -0.1) is 0 Å². The van der Waals surface area contributed by atoms with Gasteiger partial charge in [-0.3, -0.25) is 14.6 Å². The topological polar surface area (TPSA) is 26.8 Å². The second kappa shape index (κ2) is 7.81. The summed E-state index contributed by atoms with van der Waals surface area (Å²) in [6.45, 7) is 5.50. The van der Waals surface area contributed by atoms with Crippen LogP contribution in [-0.4, -0.2) is 28.2 Å². The first kappa shape index (κ1) is 18.8. The Hall–Kier alpha value is -2.57. The number of hydrogen-bond acceptors (Lipinski definition) is 5. The van der Waals surface area contributed by atoms with Crippen molar-refractivity contribution in [3.8, 4) is 0 Å². The lowest BCUT2D eigenvalue weighted by molar-refractivity contribution is -0.122. The number of para-hydroxylation sites is 3. The van der Waals surface area contributed by atoms with Crippen molar-refractivity contribution in [1.29, 1.82) is 0 Å². The number of amides is 1. The van der Waals surface area contributed by atoms with E-state index in [2.05, 4.69) is 53.1 Å². The van der Waals surface area contributed by atoms with E-state index in [0.29, 0.717) is 15.8 Å². The van der Waals surface area contributed by atoms with Crippen LogP contribution in [0.4, 0.5) is 17.1 Å². The number of hydrogen-bond donors (Lipinski definition) is 0. The van der Waals surface area contributed by atoms with Crippen LogP contribution in [0.5, 0.6) is 0 Å². The molecule has 142 valence electrons. The van der Waals surface area contributed by atoms with Crippen molar-refractivity contribution in [2.45, 2.75) is 13.8 Å². The fourth-order valence-electron chi connectivity index (χ4n) is 3.53. The molecular weight excluding hydrogens is 386 g/mol. The van der Waals surface area contributed by atoms with E-state index in [0.717, 1.165) is 29.4 Å². The monoisotopic (exact) mass is 407 g/mol. The Labute approximate surface area is 175 Å². The summed E-state index contributed by atoms with van der Waals surface area (Å²) in [4.78, 5) is 19.4. The smallest absolute Gasteiger partial charge is 0.266 e. The molecule has 0 spiro atoms. The Morgan fingerprint density at radius 1 is 0.893 bits per heavy atom. The third-order valence-corrected chi connectivity index (χ3v) is 6.22. The highest BCUT2D eigenvalue weighted by Crippen LogP contribution is 2.45. The summed E-state index contributed by atoms with van der Waals surface area (Å²) in [6.07, 6.45) is 3.92. The molecule has 28 heavy (non-hydrogen) atoms. The molecule has 0 aromatic heterocycles. The number of anilines is 3. The summed E-state index contributed by atoms with van der Waals surface area (Å²) >= 11 is 6.70. The van der Waals surface area contributed by atoms with Gasteiger partial charge in [0.1, 0.15) is 10.1 Å². The van der Waals surface area contributed by atoms with Crippen LogP contribution >= 0.6 is 24.0 Å². The van der Waals surface area contributed by atoms with E-state index in [4.69, 9.17) is 12.2 Å². The van der Waals surface area contributed by atoms with Gasteiger partial charge in [-0.05, 0) is 50.3 Å². The van der Waals surface area contributed by atoms with Crippen LogP contribution in [0.2, 0.25) is 0 Å². The van der Waals surface area contributed by atoms with Gasteiger partial charge in [0.05, 0.1) is 16.3 Å². The maximum Gasteiger partial charge on any atom is 0.266 e. The summed E-state index contributed by atoms with van der Waals surface area (Å²) in [5, 5.41) is 0. The lowest BCUT2D eigenvalue weighted by Crippen LogP contribution is -2.27. The second-order valence-electron chi connectivity index (χ2n) is 6.38. The van der Waals surface area contributed by atoms with Crippen molar-refractivity contribution in [3.63, 3.8) is 0 Å². The van der Waals surface area contributed by atoms with Gasteiger partial charge in [0, 0.05) is 18.8 Å². The third-order valence-electron chi connectivity index (χ3n) is 4.82.